The molecule has 0 bridgehead atoms. The van der Waals surface area contributed by atoms with Crippen LogP contribution in [0.15, 0.2) is 29.1 Å². The second kappa shape index (κ2) is 5.88. The molecule has 1 unspecified atom stereocenters. The Morgan fingerprint density at radius 3 is 2.91 bits per heavy atom. The van der Waals surface area contributed by atoms with Crippen LogP contribution in [-0.4, -0.2) is 39.9 Å². The van der Waals surface area contributed by atoms with Crippen LogP contribution in [0.4, 0.5) is 0 Å². The molecule has 1 saturated carbocycles. The summed E-state index contributed by atoms with van der Waals surface area (Å²) in [6.07, 6.45) is 2.14. The number of aromatic amines is 1. The van der Waals surface area contributed by atoms with Gasteiger partial charge in [-0.2, -0.15) is 0 Å². The second-order valence-electron chi connectivity index (χ2n) is 5.90. The fourth-order valence-corrected chi connectivity index (χ4v) is 2.33. The number of aromatic nitrogens is 2. The third-order valence-corrected chi connectivity index (χ3v) is 4.03. The molecule has 1 aliphatic rings. The summed E-state index contributed by atoms with van der Waals surface area (Å²) < 4.78 is 0. The Kier molecular flexibility index (Phi) is 3.94. The number of likely N-dealkylation sites (N-methyl/N-ethyl adjacent to an activating group) is 1. The van der Waals surface area contributed by atoms with Gasteiger partial charge in [0.15, 0.2) is 0 Å². The fourth-order valence-electron chi connectivity index (χ4n) is 2.33. The lowest BCUT2D eigenvalue weighted by molar-refractivity contribution is -0.125. The van der Waals surface area contributed by atoms with Crippen molar-refractivity contribution in [1.82, 2.24) is 20.2 Å². The zero-order valence-electron chi connectivity index (χ0n) is 12.8. The molecule has 6 heteroatoms. The standard InChI is InChI=1S/C16H20N4O2/c1-10(15(21)17-11-7-8-11)20(2)9-14-18-13-6-4-3-5-12(13)16(22)19-14/h3-6,10-11H,7-9H2,1-2H3,(H,17,21)(H,18,19,22). The van der Waals surface area contributed by atoms with Crippen LogP contribution >= 0.6 is 0 Å². The molecule has 1 aliphatic carbocycles. The number of amides is 1. The number of nitrogens with zero attached hydrogens (tertiary/aromatic N) is 2. The Morgan fingerprint density at radius 1 is 1.45 bits per heavy atom. The summed E-state index contributed by atoms with van der Waals surface area (Å²) in [5.41, 5.74) is 0.522. The lowest BCUT2D eigenvalue weighted by atomic mass is 10.2. The molecule has 2 aromatic rings. The number of carbonyl (C=O) groups is 1. The number of H-pyrrole nitrogens is 1. The number of hydrogen-bond acceptors (Lipinski definition) is 4. The van der Waals surface area contributed by atoms with Gasteiger partial charge in [-0.25, -0.2) is 4.98 Å². The Morgan fingerprint density at radius 2 is 2.18 bits per heavy atom. The number of para-hydroxylation sites is 1. The van der Waals surface area contributed by atoms with Crippen molar-refractivity contribution in [2.45, 2.75) is 38.4 Å². The highest BCUT2D eigenvalue weighted by Gasteiger charge is 2.27. The Labute approximate surface area is 128 Å². The summed E-state index contributed by atoms with van der Waals surface area (Å²) in [4.78, 5) is 33.2. The van der Waals surface area contributed by atoms with Crippen molar-refractivity contribution in [3.05, 3.63) is 40.4 Å². The smallest absolute Gasteiger partial charge is 0.258 e. The normalized spacial score (nSPS) is 16.0. The van der Waals surface area contributed by atoms with E-state index in [1.54, 1.807) is 6.07 Å². The quantitative estimate of drug-likeness (QED) is 0.864. The molecule has 0 radical (unpaired) electrons. The molecule has 22 heavy (non-hydrogen) atoms. The van der Waals surface area contributed by atoms with Gasteiger partial charge < -0.3 is 10.3 Å². The number of rotatable bonds is 5. The highest BCUT2D eigenvalue weighted by atomic mass is 16.2. The van der Waals surface area contributed by atoms with Crippen LogP contribution < -0.4 is 10.9 Å². The minimum atomic E-state index is -0.266. The molecule has 1 fully saturated rings. The van der Waals surface area contributed by atoms with Gasteiger partial charge in [-0.15, -0.1) is 0 Å². The molecule has 3 rings (SSSR count). The van der Waals surface area contributed by atoms with E-state index in [9.17, 15) is 9.59 Å². The SMILES string of the molecule is CC(C(=O)NC1CC1)N(C)Cc1nc2ccccc2c(=O)[nH]1. The van der Waals surface area contributed by atoms with Crippen molar-refractivity contribution >= 4 is 16.8 Å². The van der Waals surface area contributed by atoms with E-state index >= 15 is 0 Å². The molecule has 6 nitrogen and oxygen atoms in total. The summed E-state index contributed by atoms with van der Waals surface area (Å²) in [7, 11) is 1.85. The van der Waals surface area contributed by atoms with Crippen LogP contribution in [0.2, 0.25) is 0 Å². The zero-order valence-corrected chi connectivity index (χ0v) is 12.8. The van der Waals surface area contributed by atoms with E-state index in [-0.39, 0.29) is 17.5 Å². The largest absolute Gasteiger partial charge is 0.352 e. The Bertz CT molecular complexity index is 751. The van der Waals surface area contributed by atoms with Crippen molar-refractivity contribution in [2.75, 3.05) is 7.05 Å². The van der Waals surface area contributed by atoms with Crippen LogP contribution in [0.3, 0.4) is 0 Å². The highest BCUT2D eigenvalue weighted by molar-refractivity contribution is 5.81. The average molecular weight is 300 g/mol. The maximum Gasteiger partial charge on any atom is 0.258 e. The third kappa shape index (κ3) is 3.17. The summed E-state index contributed by atoms with van der Waals surface area (Å²) in [5.74, 6) is 0.588. The van der Waals surface area contributed by atoms with Crippen molar-refractivity contribution < 1.29 is 4.79 Å². The summed E-state index contributed by atoms with van der Waals surface area (Å²) in [6, 6.07) is 7.32. The monoisotopic (exact) mass is 300 g/mol. The van der Waals surface area contributed by atoms with Crippen LogP contribution in [0.25, 0.3) is 10.9 Å². The predicted octanol–water partition coefficient (Wildman–Crippen LogP) is 1.02. The van der Waals surface area contributed by atoms with Crippen LogP contribution in [0, 0.1) is 0 Å². The Balaban J connectivity index is 1.74. The van der Waals surface area contributed by atoms with E-state index in [4.69, 9.17) is 0 Å². The first-order valence-corrected chi connectivity index (χ1v) is 7.53. The van der Waals surface area contributed by atoms with Crippen molar-refractivity contribution in [3.63, 3.8) is 0 Å². The average Bonchev–Trinajstić information content (AvgIpc) is 3.30. The molecule has 116 valence electrons. The van der Waals surface area contributed by atoms with Crippen molar-refractivity contribution in [1.29, 1.82) is 0 Å². The lowest BCUT2D eigenvalue weighted by Crippen LogP contribution is -2.44. The van der Waals surface area contributed by atoms with E-state index < -0.39 is 0 Å². The first-order chi connectivity index (χ1) is 10.5. The maximum absolute atomic E-state index is 12.1. The molecule has 1 atom stereocenters. The number of carbonyl (C=O) groups excluding carboxylic acids is 1. The summed E-state index contributed by atoms with van der Waals surface area (Å²) >= 11 is 0. The molecule has 2 N–H and O–H groups in total. The van der Waals surface area contributed by atoms with E-state index in [1.165, 1.54) is 0 Å². The van der Waals surface area contributed by atoms with Crippen molar-refractivity contribution in [2.24, 2.45) is 0 Å². The molecule has 1 aromatic carbocycles. The topological polar surface area (TPSA) is 78.1 Å². The first kappa shape index (κ1) is 14.7. The summed E-state index contributed by atoms with van der Waals surface area (Å²) in [6.45, 7) is 2.27. The predicted molar refractivity (Wildman–Crippen MR) is 84.5 cm³/mol. The van der Waals surface area contributed by atoms with Crippen LogP contribution in [-0.2, 0) is 11.3 Å². The Hall–Kier alpha value is -2.21. The molecule has 1 amide bonds. The van der Waals surface area contributed by atoms with E-state index in [2.05, 4.69) is 15.3 Å². The van der Waals surface area contributed by atoms with Gasteiger partial charge in [-0.3, -0.25) is 14.5 Å². The number of benzene rings is 1. The second-order valence-corrected chi connectivity index (χ2v) is 5.90. The van der Waals surface area contributed by atoms with Gasteiger partial charge in [0.1, 0.15) is 5.82 Å². The molecule has 0 spiro atoms. The lowest BCUT2D eigenvalue weighted by Gasteiger charge is -2.23. The molecular formula is C16H20N4O2. The highest BCUT2D eigenvalue weighted by Crippen LogP contribution is 2.19. The van der Waals surface area contributed by atoms with Crippen molar-refractivity contribution in [3.8, 4) is 0 Å². The number of nitrogens with one attached hydrogen (secondary N) is 2. The summed E-state index contributed by atoms with van der Waals surface area (Å²) in [5, 5.41) is 3.57. The van der Waals surface area contributed by atoms with Gasteiger partial charge in [0, 0.05) is 6.04 Å². The minimum Gasteiger partial charge on any atom is -0.352 e. The fraction of sp³-hybridized carbons (Fsp3) is 0.438. The number of fused-ring (bicyclic) bond motifs is 1. The van der Waals surface area contributed by atoms with Crippen LogP contribution in [0.5, 0.6) is 0 Å². The number of hydrogen-bond donors (Lipinski definition) is 2. The molecule has 0 aliphatic heterocycles. The van der Waals surface area contributed by atoms with E-state index in [0.717, 1.165) is 12.8 Å². The minimum absolute atomic E-state index is 0.0214. The van der Waals surface area contributed by atoms with Gasteiger partial charge in [0.05, 0.1) is 23.5 Å². The van der Waals surface area contributed by atoms with Gasteiger partial charge in [-0.05, 0) is 38.9 Å². The van der Waals surface area contributed by atoms with Crippen LogP contribution in [0.1, 0.15) is 25.6 Å². The molecular weight excluding hydrogens is 280 g/mol. The van der Waals surface area contributed by atoms with Gasteiger partial charge in [0.2, 0.25) is 5.91 Å². The van der Waals surface area contributed by atoms with E-state index in [1.807, 2.05) is 37.1 Å². The van der Waals surface area contributed by atoms with Gasteiger partial charge in [-0.1, -0.05) is 12.1 Å². The molecule has 1 aromatic heterocycles. The van der Waals surface area contributed by atoms with E-state index in [0.29, 0.717) is 29.3 Å². The zero-order chi connectivity index (χ0) is 15.7. The first-order valence-electron chi connectivity index (χ1n) is 7.53. The molecule has 0 saturated heterocycles. The third-order valence-electron chi connectivity index (χ3n) is 4.03. The maximum atomic E-state index is 12.1. The van der Waals surface area contributed by atoms with Gasteiger partial charge >= 0.3 is 0 Å². The van der Waals surface area contributed by atoms with Gasteiger partial charge in [0.25, 0.3) is 5.56 Å². The molecule has 1 heterocycles.